The van der Waals surface area contributed by atoms with Crippen LogP contribution in [0.4, 0.5) is 0 Å². The van der Waals surface area contributed by atoms with Gasteiger partial charge in [-0.2, -0.15) is 0 Å². The molecular weight excluding hydrogens is 306 g/mol. The Labute approximate surface area is 130 Å². The first kappa shape index (κ1) is 15.5. The van der Waals surface area contributed by atoms with Crippen molar-refractivity contribution in [1.82, 2.24) is 20.0 Å². The molecule has 0 aliphatic carbocycles. The van der Waals surface area contributed by atoms with E-state index < -0.39 is 29.5 Å². The normalized spacial score (nSPS) is 27.7. The summed E-state index contributed by atoms with van der Waals surface area (Å²) in [6, 6.07) is 4.12. The Hall–Kier alpha value is -2.43. The highest BCUT2D eigenvalue weighted by Crippen LogP contribution is 2.22. The summed E-state index contributed by atoms with van der Waals surface area (Å²) < 4.78 is 6.66. The van der Waals surface area contributed by atoms with Gasteiger partial charge in [-0.25, -0.2) is 4.68 Å². The van der Waals surface area contributed by atoms with Crippen LogP contribution in [0.25, 0.3) is 11.4 Å². The second-order valence-electron chi connectivity index (χ2n) is 5.27. The van der Waals surface area contributed by atoms with Crippen LogP contribution in [0.15, 0.2) is 30.6 Å². The first-order valence-electron chi connectivity index (χ1n) is 7.01. The van der Waals surface area contributed by atoms with Crippen LogP contribution in [-0.4, -0.2) is 59.7 Å². The largest absolute Gasteiger partial charge is 0.381 e. The molecule has 2 aromatic heterocycles. The van der Waals surface area contributed by atoms with Crippen molar-refractivity contribution < 1.29 is 19.9 Å². The third-order valence-electron chi connectivity index (χ3n) is 3.65. The predicted molar refractivity (Wildman–Crippen MR) is 75.5 cm³/mol. The van der Waals surface area contributed by atoms with E-state index in [9.17, 15) is 20.3 Å². The Morgan fingerprint density at radius 2 is 2.22 bits per heavy atom. The summed E-state index contributed by atoms with van der Waals surface area (Å²) in [6.07, 6.45) is -0.530. The van der Waals surface area contributed by atoms with Gasteiger partial charge in [-0.3, -0.25) is 15.1 Å². The predicted octanol–water partition coefficient (Wildman–Crippen LogP) is -0.546. The molecule has 3 rings (SSSR count). The Kier molecular flexibility index (Phi) is 4.28. The highest BCUT2D eigenvalue weighted by molar-refractivity contribution is 5.51. The first-order valence-corrected chi connectivity index (χ1v) is 7.01. The topological polar surface area (TPSA) is 136 Å². The lowest BCUT2D eigenvalue weighted by Crippen LogP contribution is -2.52. The molecule has 1 aliphatic heterocycles. The number of hydrogen-bond donors (Lipinski definition) is 2. The van der Waals surface area contributed by atoms with E-state index in [1.807, 2.05) is 6.07 Å². The molecule has 3 unspecified atom stereocenters. The van der Waals surface area contributed by atoms with Crippen molar-refractivity contribution in [3.8, 4) is 11.4 Å². The number of hydrogen-bond acceptors (Lipinski definition) is 8. The van der Waals surface area contributed by atoms with Crippen molar-refractivity contribution in [2.24, 2.45) is 0 Å². The van der Waals surface area contributed by atoms with Gasteiger partial charge in [0, 0.05) is 17.5 Å². The van der Waals surface area contributed by atoms with Crippen molar-refractivity contribution in [3.63, 3.8) is 0 Å². The van der Waals surface area contributed by atoms with E-state index in [1.165, 1.54) is 4.68 Å². The zero-order chi connectivity index (χ0) is 16.4. The summed E-state index contributed by atoms with van der Waals surface area (Å²) >= 11 is 0. The first-order chi connectivity index (χ1) is 11.0. The van der Waals surface area contributed by atoms with E-state index in [0.29, 0.717) is 11.4 Å². The molecular formula is C13H15N5O5. The lowest BCUT2D eigenvalue weighted by molar-refractivity contribution is -0.551. The molecule has 3 heterocycles. The fraction of sp³-hybridized carbons (Fsp3) is 0.462. The minimum atomic E-state index is -1.59. The van der Waals surface area contributed by atoms with E-state index in [1.54, 1.807) is 24.5 Å². The lowest BCUT2D eigenvalue weighted by Gasteiger charge is -2.32. The second kappa shape index (κ2) is 6.36. The zero-order valence-electron chi connectivity index (χ0n) is 12.0. The van der Waals surface area contributed by atoms with Crippen LogP contribution >= 0.6 is 0 Å². The summed E-state index contributed by atoms with van der Waals surface area (Å²) in [5.41, 5.74) is 1.22. The monoisotopic (exact) mass is 321 g/mol. The SMILES string of the molecule is O=[N+]([O-])C1CC(Cn2cc(-c3ccccn3)nn2)O[C@@H](O)C1O. The van der Waals surface area contributed by atoms with Crippen molar-refractivity contribution in [2.75, 3.05) is 0 Å². The number of nitro groups is 1. The lowest BCUT2D eigenvalue weighted by atomic mass is 10.0. The quantitative estimate of drug-likeness (QED) is 0.565. The van der Waals surface area contributed by atoms with Crippen molar-refractivity contribution in [1.29, 1.82) is 0 Å². The molecule has 0 spiro atoms. The maximum Gasteiger partial charge on any atom is 0.246 e. The van der Waals surface area contributed by atoms with E-state index in [2.05, 4.69) is 15.3 Å². The Morgan fingerprint density at radius 3 is 2.91 bits per heavy atom. The van der Waals surface area contributed by atoms with Crippen LogP contribution < -0.4 is 0 Å². The molecule has 1 saturated heterocycles. The highest BCUT2D eigenvalue weighted by atomic mass is 16.6. The molecule has 0 amide bonds. The van der Waals surface area contributed by atoms with Gasteiger partial charge in [0.05, 0.1) is 24.5 Å². The summed E-state index contributed by atoms with van der Waals surface area (Å²) in [7, 11) is 0. The smallest absolute Gasteiger partial charge is 0.246 e. The van der Waals surface area contributed by atoms with E-state index in [4.69, 9.17) is 4.74 Å². The van der Waals surface area contributed by atoms with Gasteiger partial charge < -0.3 is 14.9 Å². The molecule has 0 saturated carbocycles. The molecule has 1 fully saturated rings. The molecule has 122 valence electrons. The fourth-order valence-electron chi connectivity index (χ4n) is 2.49. The van der Waals surface area contributed by atoms with E-state index in [-0.39, 0.29) is 13.0 Å². The van der Waals surface area contributed by atoms with Gasteiger partial charge in [0.2, 0.25) is 6.04 Å². The molecule has 10 heteroatoms. The summed E-state index contributed by atoms with van der Waals surface area (Å²) in [6.45, 7) is 0.175. The third kappa shape index (κ3) is 3.33. The van der Waals surface area contributed by atoms with Gasteiger partial charge in [0.15, 0.2) is 12.4 Å². The number of aliphatic hydroxyl groups is 2. The molecule has 23 heavy (non-hydrogen) atoms. The molecule has 10 nitrogen and oxygen atoms in total. The van der Waals surface area contributed by atoms with E-state index >= 15 is 0 Å². The number of aliphatic hydroxyl groups excluding tert-OH is 2. The number of pyridine rings is 1. The number of aromatic nitrogens is 4. The fourth-order valence-corrected chi connectivity index (χ4v) is 2.49. The van der Waals surface area contributed by atoms with Crippen LogP contribution in [0, 0.1) is 10.1 Å². The van der Waals surface area contributed by atoms with E-state index in [0.717, 1.165) is 0 Å². The summed E-state index contributed by atoms with van der Waals surface area (Å²) in [5, 5.41) is 38.0. The second-order valence-corrected chi connectivity index (χ2v) is 5.27. The molecule has 2 N–H and O–H groups in total. The minimum absolute atomic E-state index is 0.0238. The number of rotatable bonds is 4. The zero-order valence-corrected chi connectivity index (χ0v) is 12.0. The van der Waals surface area contributed by atoms with Gasteiger partial charge in [0.1, 0.15) is 5.69 Å². The van der Waals surface area contributed by atoms with Crippen LogP contribution in [0.5, 0.6) is 0 Å². The number of ether oxygens (including phenoxy) is 1. The van der Waals surface area contributed by atoms with Gasteiger partial charge in [0.25, 0.3) is 0 Å². The average Bonchev–Trinajstić information content (AvgIpc) is 3.00. The Bertz CT molecular complexity index is 678. The molecule has 1 aliphatic rings. The molecule has 0 radical (unpaired) electrons. The third-order valence-corrected chi connectivity index (χ3v) is 3.65. The van der Waals surface area contributed by atoms with Crippen LogP contribution in [0.1, 0.15) is 6.42 Å². The number of nitrogens with zero attached hydrogens (tertiary/aromatic N) is 5. The standard InChI is InChI=1S/C13H15N5O5/c19-12-11(18(21)22)5-8(23-13(12)20)6-17-7-10(15-16-17)9-3-1-2-4-14-9/h1-4,7-8,11-13,19-20H,5-6H2/t8?,11?,12?,13-/m1/s1. The van der Waals surface area contributed by atoms with Crippen molar-refractivity contribution >= 4 is 0 Å². The molecule has 4 atom stereocenters. The van der Waals surface area contributed by atoms with Crippen LogP contribution in [-0.2, 0) is 11.3 Å². The average molecular weight is 321 g/mol. The maximum absolute atomic E-state index is 10.9. The molecule has 2 aromatic rings. The minimum Gasteiger partial charge on any atom is -0.381 e. The molecule has 0 bridgehead atoms. The summed E-state index contributed by atoms with van der Waals surface area (Å²) in [5.74, 6) is 0. The van der Waals surface area contributed by atoms with Crippen LogP contribution in [0.2, 0.25) is 0 Å². The van der Waals surface area contributed by atoms with Gasteiger partial charge in [-0.05, 0) is 12.1 Å². The summed E-state index contributed by atoms with van der Waals surface area (Å²) in [4.78, 5) is 14.5. The van der Waals surface area contributed by atoms with Gasteiger partial charge in [-0.15, -0.1) is 5.10 Å². The van der Waals surface area contributed by atoms with Gasteiger partial charge >= 0.3 is 0 Å². The van der Waals surface area contributed by atoms with Crippen molar-refractivity contribution in [3.05, 3.63) is 40.7 Å². The Morgan fingerprint density at radius 1 is 1.39 bits per heavy atom. The highest BCUT2D eigenvalue weighted by Gasteiger charge is 2.44. The Balaban J connectivity index is 1.70. The van der Waals surface area contributed by atoms with Crippen molar-refractivity contribution in [2.45, 2.75) is 37.5 Å². The van der Waals surface area contributed by atoms with Crippen LogP contribution in [0.3, 0.4) is 0 Å². The molecule has 0 aromatic carbocycles. The van der Waals surface area contributed by atoms with Gasteiger partial charge in [-0.1, -0.05) is 11.3 Å². The maximum atomic E-state index is 10.9.